The number of amides is 5. The van der Waals surface area contributed by atoms with Gasteiger partial charge in [0.05, 0.1) is 53.1 Å². The van der Waals surface area contributed by atoms with Gasteiger partial charge in [-0.3, -0.25) is 53.9 Å². The Bertz CT molecular complexity index is 7100. The second kappa shape index (κ2) is 45.7. The predicted octanol–water partition coefficient (Wildman–Crippen LogP) is 17.4. The molecule has 0 saturated heterocycles. The van der Waals surface area contributed by atoms with Gasteiger partial charge in [0.1, 0.15) is 107 Å². The van der Waals surface area contributed by atoms with Crippen LogP contribution in [0.3, 0.4) is 0 Å². The summed E-state index contributed by atoms with van der Waals surface area (Å²) in [5.41, 5.74) is 7.00. The summed E-state index contributed by atoms with van der Waals surface area (Å²) in [6, 6.07) is 58.0. The van der Waals surface area contributed by atoms with Crippen molar-refractivity contribution in [2.45, 2.75) is 45.6 Å². The van der Waals surface area contributed by atoms with E-state index in [4.69, 9.17) is 20.6 Å². The molecule has 5 amide bonds. The number of anilines is 5. The van der Waals surface area contributed by atoms with Gasteiger partial charge in [-0.25, -0.2) is 59.8 Å². The SMILES string of the molecule is C#Cc1ccc(COCC(=O)Nc2nc(-c3ccccn3)nc3sccc23)cc1.O=C(CCC1=NCN=N1)Nc1nc(-c2ccccn2)nc2sccc12.O=C(CCn1ccnc1)Nc1nc(-c2ccccn2)nc2sccc12.O=C(COCc1ccccc1)Nc1nc(-c2ccccn2)nc2sccc12.O=C(COCc1ccncc1)Nc1nc(-c2ccccn2)nc2sccc12. The highest BCUT2D eigenvalue weighted by Crippen LogP contribution is 2.34. The molecule has 17 aromatic heterocycles. The van der Waals surface area contributed by atoms with Gasteiger partial charge in [0.2, 0.25) is 11.8 Å². The van der Waals surface area contributed by atoms with Crippen LogP contribution in [0.2, 0.25) is 0 Å². The molecule has 0 atom stereocenters. The van der Waals surface area contributed by atoms with E-state index in [9.17, 15) is 24.0 Å². The van der Waals surface area contributed by atoms with Crippen molar-refractivity contribution in [1.29, 1.82) is 0 Å². The van der Waals surface area contributed by atoms with Crippen molar-refractivity contribution < 1.29 is 38.2 Å². The fraction of sp³-hybridized carbons (Fsp3) is 0.117. The van der Waals surface area contributed by atoms with Gasteiger partial charge in [0.25, 0.3) is 17.7 Å². The molecule has 1 aliphatic heterocycles. The number of nitrogens with one attached hydrogen (secondary N) is 5. The standard InChI is InChI=1S/C22H16N4O2S.C20H16N4O2S.C19H15N5O2S.C17H14N6OS.C16H13N7OS/c1-2-15-6-8-16(9-7-15)13-28-14-19(27)24-20-17-10-12-29-22(17)26-21(25-20)18-5-3-4-11-23-18;25-17(13-26-12-14-6-2-1-3-7-14)22-18-15-9-11-27-20(15)24-19(23-18)16-8-4-5-10-21-16;25-16(12-26-11-13-4-8-20-9-5-13)22-17-14-6-10-27-19(14)24-18(23-17)15-3-1-2-7-21-15;24-14(4-8-23-9-7-18-11-23)20-15-12-5-10-25-17(12)22-16(21-15)13-3-1-2-6-19-13;24-13(5-4-12-18-9-19-23-12)20-14-10-6-8-25-16(10)22-15(21-14)11-3-1-2-7-17-11/h1,3-12H,13-14H2,(H,24,25,26,27);1-11H,12-13H2,(H,22,23,24,25);1-10H,11-12H2,(H,22,23,24,25);1-3,5-7,9-11H,4,8H2,(H,20,21,22,24);1-3,6-8H,4-5,9H2,(H,20,21,22,24). The van der Waals surface area contributed by atoms with E-state index in [0.717, 1.165) is 73.3 Å². The summed E-state index contributed by atoms with van der Waals surface area (Å²) in [6.45, 7) is 1.74. The van der Waals surface area contributed by atoms with Crippen molar-refractivity contribution >= 4 is 172 Å². The molecule has 133 heavy (non-hydrogen) atoms. The van der Waals surface area contributed by atoms with Crippen molar-refractivity contribution in [2.24, 2.45) is 15.2 Å². The van der Waals surface area contributed by atoms with Gasteiger partial charge < -0.3 is 45.4 Å². The molecule has 19 aromatic rings. The number of benzene rings is 2. The van der Waals surface area contributed by atoms with Gasteiger partial charge in [-0.1, -0.05) is 78.7 Å². The lowest BCUT2D eigenvalue weighted by molar-refractivity contribution is -0.121. The van der Waals surface area contributed by atoms with Crippen LogP contribution in [0.1, 0.15) is 41.5 Å². The Balaban J connectivity index is 0.000000121. The Morgan fingerprint density at radius 2 is 0.692 bits per heavy atom. The monoisotopic (exact) mass is 1850 g/mol. The van der Waals surface area contributed by atoms with E-state index in [2.05, 4.69) is 132 Å². The normalized spacial score (nSPS) is 11.2. The van der Waals surface area contributed by atoms with Gasteiger partial charge in [0.15, 0.2) is 35.8 Å². The Morgan fingerprint density at radius 3 is 1.02 bits per heavy atom. The second-order valence-corrected chi connectivity index (χ2v) is 32.6. The number of azo groups is 1. The van der Waals surface area contributed by atoms with Crippen molar-refractivity contribution in [3.8, 4) is 69.9 Å². The van der Waals surface area contributed by atoms with Crippen LogP contribution in [0.25, 0.3) is 109 Å². The zero-order valence-corrected chi connectivity index (χ0v) is 74.2. The van der Waals surface area contributed by atoms with Crippen molar-refractivity contribution in [2.75, 3.05) is 53.1 Å². The minimum atomic E-state index is -0.289. The minimum absolute atomic E-state index is 0.0521. The van der Waals surface area contributed by atoms with Gasteiger partial charge in [0, 0.05) is 87.1 Å². The summed E-state index contributed by atoms with van der Waals surface area (Å²) in [4.78, 5) is 144. The molecule has 20 rings (SSSR count). The second-order valence-electron chi connectivity index (χ2n) is 28.2. The van der Waals surface area contributed by atoms with Crippen LogP contribution in [-0.4, -0.2) is 151 Å². The van der Waals surface area contributed by atoms with Crippen molar-refractivity contribution in [3.63, 3.8) is 0 Å². The molecular formula is C94H74N26O8S5. The molecule has 1 aliphatic rings. The van der Waals surface area contributed by atoms with Crippen molar-refractivity contribution in [1.82, 2.24) is 89.3 Å². The summed E-state index contributed by atoms with van der Waals surface area (Å²) < 4.78 is 18.3. The third-order valence-electron chi connectivity index (χ3n) is 18.8. The number of nitrogens with zero attached hydrogens (tertiary/aromatic N) is 21. The largest absolute Gasteiger partial charge is 0.367 e. The molecule has 18 heterocycles. The summed E-state index contributed by atoms with van der Waals surface area (Å²) in [5, 5.41) is 35.5. The number of pyridine rings is 6. The van der Waals surface area contributed by atoms with Gasteiger partial charge >= 0.3 is 0 Å². The molecule has 34 nitrogen and oxygen atoms in total. The number of ether oxygens (including phenoxy) is 3. The highest BCUT2D eigenvalue weighted by atomic mass is 32.1. The maximum absolute atomic E-state index is 12.4. The average Bonchev–Trinajstić information content (AvgIpc) is 1.78. The molecular weight excluding hydrogens is 1780 g/mol. The Morgan fingerprint density at radius 1 is 0.353 bits per heavy atom. The van der Waals surface area contributed by atoms with E-state index in [-0.39, 0.29) is 55.8 Å². The number of thiophene rings is 5. The third-order valence-corrected chi connectivity index (χ3v) is 22.9. The molecule has 0 unspecified atom stereocenters. The molecule has 0 aliphatic carbocycles. The van der Waals surface area contributed by atoms with Crippen LogP contribution in [0, 0.1) is 12.3 Å². The van der Waals surface area contributed by atoms with E-state index >= 15 is 0 Å². The first kappa shape index (κ1) is 90.2. The van der Waals surface area contributed by atoms with Gasteiger partial charge in [-0.05, 0) is 159 Å². The fourth-order valence-electron chi connectivity index (χ4n) is 12.5. The molecule has 0 saturated carbocycles. The van der Waals surface area contributed by atoms with E-state index in [1.54, 1.807) is 55.9 Å². The molecule has 2 aromatic carbocycles. The van der Waals surface area contributed by atoms with Crippen LogP contribution in [0.5, 0.6) is 0 Å². The van der Waals surface area contributed by atoms with Crippen LogP contribution in [0.15, 0.2) is 292 Å². The number of carbonyl (C=O) groups is 5. The quantitative estimate of drug-likeness (QED) is 0.0284. The maximum Gasteiger partial charge on any atom is 0.251 e. The maximum atomic E-state index is 12.4. The zero-order chi connectivity index (χ0) is 91.1. The minimum Gasteiger partial charge on any atom is -0.367 e. The Hall–Kier alpha value is -16.2. The van der Waals surface area contributed by atoms with Crippen LogP contribution in [0.4, 0.5) is 29.1 Å². The number of imidazole rings is 1. The van der Waals surface area contributed by atoms with Crippen LogP contribution in [-0.2, 0) is 64.5 Å². The van der Waals surface area contributed by atoms with E-state index in [1.165, 1.54) is 56.7 Å². The molecule has 39 heteroatoms. The summed E-state index contributed by atoms with van der Waals surface area (Å²) in [5.74, 6) is 6.87. The number of hydrogen-bond acceptors (Lipinski definition) is 33. The summed E-state index contributed by atoms with van der Waals surface area (Å²) in [7, 11) is 0. The lowest BCUT2D eigenvalue weighted by Crippen LogP contribution is -2.19. The highest BCUT2D eigenvalue weighted by Gasteiger charge is 2.21. The first-order chi connectivity index (χ1) is 65.4. The Labute approximate surface area is 777 Å². The average molecular weight is 1860 g/mol. The number of hydrogen-bond donors (Lipinski definition) is 5. The first-order valence-electron chi connectivity index (χ1n) is 40.8. The Kier molecular flexibility index (Phi) is 31.0. The van der Waals surface area contributed by atoms with E-state index in [1.807, 2.05) is 226 Å². The van der Waals surface area contributed by atoms with Crippen LogP contribution >= 0.6 is 56.7 Å². The number of aliphatic imine (C=N–C) groups is 1. The number of carbonyl (C=O) groups excluding carboxylic acids is 5. The zero-order valence-electron chi connectivity index (χ0n) is 70.1. The molecule has 0 fully saturated rings. The van der Waals surface area contributed by atoms with Crippen molar-refractivity contribution in [3.05, 3.63) is 299 Å². The molecule has 0 bridgehead atoms. The first-order valence-corrected chi connectivity index (χ1v) is 45.2. The predicted molar refractivity (Wildman–Crippen MR) is 514 cm³/mol. The molecule has 658 valence electrons. The smallest absolute Gasteiger partial charge is 0.251 e. The third kappa shape index (κ3) is 25.2. The lowest BCUT2D eigenvalue weighted by Gasteiger charge is -2.08. The summed E-state index contributed by atoms with van der Waals surface area (Å²) in [6.07, 6.45) is 23.4. The number of amidine groups is 1. The number of rotatable bonds is 28. The number of terminal acetylenes is 1. The molecule has 5 N–H and O–H groups in total. The fourth-order valence-corrected chi connectivity index (χ4v) is 16.3. The van der Waals surface area contributed by atoms with E-state index in [0.29, 0.717) is 138 Å². The number of aryl methyl sites for hydroxylation is 1. The van der Waals surface area contributed by atoms with Crippen LogP contribution < -0.4 is 26.6 Å². The highest BCUT2D eigenvalue weighted by molar-refractivity contribution is 7.18. The lowest BCUT2D eigenvalue weighted by atomic mass is 10.1. The topological polar surface area (TPSA) is 434 Å². The van der Waals surface area contributed by atoms with Gasteiger partial charge in [-0.2, -0.15) is 5.11 Å². The molecule has 0 radical (unpaired) electrons. The molecule has 0 spiro atoms. The number of fused-ring (bicyclic) bond motifs is 5. The number of aromatic nitrogens is 18. The summed E-state index contributed by atoms with van der Waals surface area (Å²) >= 11 is 7.46. The van der Waals surface area contributed by atoms with Gasteiger partial charge in [-0.15, -0.1) is 68.2 Å². The van der Waals surface area contributed by atoms with E-state index < -0.39 is 0 Å².